The van der Waals surface area contributed by atoms with Crippen molar-refractivity contribution in [1.82, 2.24) is 15.3 Å². The third-order valence-corrected chi connectivity index (χ3v) is 4.38. The molecule has 0 saturated carbocycles. The van der Waals surface area contributed by atoms with Crippen LogP contribution in [-0.2, 0) is 10.0 Å². The Morgan fingerprint density at radius 1 is 1.31 bits per heavy atom. The predicted molar refractivity (Wildman–Crippen MR) is 60.5 cm³/mol. The average molecular weight is 242 g/mol. The predicted octanol–water partition coefficient (Wildman–Crippen LogP) is -0.0297. The van der Waals surface area contributed by atoms with Crippen LogP contribution < -0.4 is 10.0 Å². The van der Waals surface area contributed by atoms with E-state index in [1.165, 1.54) is 18.6 Å². The lowest BCUT2D eigenvalue weighted by molar-refractivity contribution is 0.499. The van der Waals surface area contributed by atoms with Crippen LogP contribution in [0.1, 0.15) is 12.8 Å². The van der Waals surface area contributed by atoms with Crippen LogP contribution in [0, 0.1) is 0 Å². The lowest BCUT2D eigenvalue weighted by Gasteiger charge is -2.22. The first-order valence-corrected chi connectivity index (χ1v) is 6.71. The molecule has 2 N–H and O–H groups in total. The number of aromatic nitrogens is 2. The number of rotatable bonds is 3. The van der Waals surface area contributed by atoms with Gasteiger partial charge in [0.05, 0.1) is 11.4 Å². The van der Waals surface area contributed by atoms with Crippen LogP contribution in [0.3, 0.4) is 0 Å². The van der Waals surface area contributed by atoms with Crippen molar-refractivity contribution in [1.29, 1.82) is 0 Å². The molecule has 1 saturated heterocycles. The number of anilines is 1. The summed E-state index contributed by atoms with van der Waals surface area (Å²) in [6, 6.07) is 0. The Labute approximate surface area is 94.6 Å². The zero-order valence-electron chi connectivity index (χ0n) is 8.76. The van der Waals surface area contributed by atoms with Gasteiger partial charge in [-0.2, -0.15) is 0 Å². The Balaban J connectivity index is 2.08. The second-order valence-electron chi connectivity index (χ2n) is 3.69. The molecule has 2 heterocycles. The molecule has 6 nitrogen and oxygen atoms in total. The Morgan fingerprint density at radius 3 is 2.69 bits per heavy atom. The summed E-state index contributed by atoms with van der Waals surface area (Å²) >= 11 is 0. The van der Waals surface area contributed by atoms with Gasteiger partial charge in [0.15, 0.2) is 5.82 Å². The summed E-state index contributed by atoms with van der Waals surface area (Å²) < 4.78 is 26.4. The minimum Gasteiger partial charge on any atom is -0.317 e. The van der Waals surface area contributed by atoms with Gasteiger partial charge in [-0.25, -0.2) is 13.4 Å². The van der Waals surface area contributed by atoms with Crippen molar-refractivity contribution in [3.05, 3.63) is 18.6 Å². The van der Waals surface area contributed by atoms with Crippen LogP contribution in [0.2, 0.25) is 0 Å². The molecule has 2 rings (SSSR count). The molecule has 0 aliphatic carbocycles. The van der Waals surface area contributed by atoms with Gasteiger partial charge in [0.2, 0.25) is 10.0 Å². The highest BCUT2D eigenvalue weighted by Crippen LogP contribution is 2.15. The van der Waals surface area contributed by atoms with E-state index in [1.54, 1.807) is 0 Å². The number of hydrogen-bond donors (Lipinski definition) is 2. The molecule has 0 atom stereocenters. The van der Waals surface area contributed by atoms with Gasteiger partial charge >= 0.3 is 0 Å². The van der Waals surface area contributed by atoms with Crippen LogP contribution in [0.5, 0.6) is 0 Å². The third-order valence-electron chi connectivity index (χ3n) is 2.54. The molecule has 0 radical (unpaired) electrons. The molecule has 88 valence electrons. The van der Waals surface area contributed by atoms with Crippen LogP contribution in [0.25, 0.3) is 0 Å². The van der Waals surface area contributed by atoms with Gasteiger partial charge in [0, 0.05) is 12.4 Å². The van der Waals surface area contributed by atoms with Crippen molar-refractivity contribution < 1.29 is 8.42 Å². The summed E-state index contributed by atoms with van der Waals surface area (Å²) in [6.07, 6.45) is 5.63. The molecule has 1 aromatic heterocycles. The van der Waals surface area contributed by atoms with Crippen LogP contribution in [-0.4, -0.2) is 36.7 Å². The zero-order chi connectivity index (χ0) is 11.4. The molecule has 0 unspecified atom stereocenters. The van der Waals surface area contributed by atoms with E-state index in [4.69, 9.17) is 0 Å². The number of sulfonamides is 1. The summed E-state index contributed by atoms with van der Waals surface area (Å²) in [5, 5.41) is 2.79. The molecule has 1 aliphatic rings. The number of nitrogens with one attached hydrogen (secondary N) is 2. The Kier molecular flexibility index (Phi) is 3.35. The van der Waals surface area contributed by atoms with Crippen LogP contribution in [0.4, 0.5) is 5.82 Å². The minimum atomic E-state index is -3.33. The molecule has 1 fully saturated rings. The molecule has 16 heavy (non-hydrogen) atoms. The molecule has 1 aromatic rings. The number of nitrogens with zero attached hydrogens (tertiary/aromatic N) is 2. The maximum absolute atomic E-state index is 11.9. The number of piperidine rings is 1. The molecule has 0 bridgehead atoms. The normalized spacial score (nSPS) is 18.2. The Hall–Kier alpha value is -1.21. The van der Waals surface area contributed by atoms with E-state index in [-0.39, 0.29) is 11.1 Å². The maximum Gasteiger partial charge on any atom is 0.236 e. The molecule has 0 aromatic carbocycles. The summed E-state index contributed by atoms with van der Waals surface area (Å²) in [6.45, 7) is 1.48. The zero-order valence-corrected chi connectivity index (χ0v) is 9.57. The Bertz CT molecular complexity index is 428. The van der Waals surface area contributed by atoms with Gasteiger partial charge in [-0.15, -0.1) is 0 Å². The second-order valence-corrected chi connectivity index (χ2v) is 5.65. The second kappa shape index (κ2) is 4.75. The summed E-state index contributed by atoms with van der Waals surface area (Å²) in [5.74, 6) is 0.279. The van der Waals surface area contributed by atoms with Gasteiger partial charge in [0.25, 0.3) is 0 Å². The standard InChI is InChI=1S/C9H14N4O2S/c14-16(15,8-1-3-10-4-2-8)13-9-7-11-5-6-12-9/h5-8,10H,1-4H2,(H,12,13). The first-order chi connectivity index (χ1) is 7.68. The summed E-state index contributed by atoms with van der Waals surface area (Å²) in [5.41, 5.74) is 0. The van der Waals surface area contributed by atoms with Crippen molar-refractivity contribution in [3.63, 3.8) is 0 Å². The van der Waals surface area contributed by atoms with Crippen LogP contribution >= 0.6 is 0 Å². The fourth-order valence-electron chi connectivity index (χ4n) is 1.69. The third kappa shape index (κ3) is 2.67. The van der Waals surface area contributed by atoms with E-state index in [9.17, 15) is 8.42 Å². The highest BCUT2D eigenvalue weighted by atomic mass is 32.2. The molecule has 0 spiro atoms. The van der Waals surface area contributed by atoms with Crippen molar-refractivity contribution in [2.24, 2.45) is 0 Å². The minimum absolute atomic E-state index is 0.279. The van der Waals surface area contributed by atoms with E-state index >= 15 is 0 Å². The SMILES string of the molecule is O=S(=O)(Nc1cnccn1)C1CCNCC1. The first-order valence-electron chi connectivity index (χ1n) is 5.17. The van der Waals surface area contributed by atoms with E-state index in [1.807, 2.05) is 0 Å². The molecule has 1 aliphatic heterocycles. The van der Waals surface area contributed by atoms with Gasteiger partial charge < -0.3 is 5.32 Å². The molecular formula is C9H14N4O2S. The van der Waals surface area contributed by atoms with Gasteiger partial charge in [-0.05, 0) is 25.9 Å². The molecule has 0 amide bonds. The highest BCUT2D eigenvalue weighted by molar-refractivity contribution is 7.93. The quantitative estimate of drug-likeness (QED) is 0.777. The van der Waals surface area contributed by atoms with Crippen molar-refractivity contribution in [2.45, 2.75) is 18.1 Å². The van der Waals surface area contributed by atoms with Gasteiger partial charge in [0.1, 0.15) is 0 Å². The molecule has 7 heteroatoms. The van der Waals surface area contributed by atoms with E-state index < -0.39 is 10.0 Å². The van der Waals surface area contributed by atoms with E-state index in [2.05, 4.69) is 20.0 Å². The summed E-state index contributed by atoms with van der Waals surface area (Å²) in [7, 11) is -3.33. The topological polar surface area (TPSA) is 84.0 Å². The Morgan fingerprint density at radius 2 is 2.06 bits per heavy atom. The van der Waals surface area contributed by atoms with Crippen molar-refractivity contribution in [3.8, 4) is 0 Å². The highest BCUT2D eigenvalue weighted by Gasteiger charge is 2.27. The van der Waals surface area contributed by atoms with Gasteiger partial charge in [-0.3, -0.25) is 9.71 Å². The first kappa shape index (κ1) is 11.3. The fourth-order valence-corrected chi connectivity index (χ4v) is 3.11. The lowest BCUT2D eigenvalue weighted by atomic mass is 10.2. The smallest absolute Gasteiger partial charge is 0.236 e. The number of hydrogen-bond acceptors (Lipinski definition) is 5. The average Bonchev–Trinajstić information content (AvgIpc) is 2.31. The summed E-state index contributed by atoms with van der Waals surface area (Å²) in [4.78, 5) is 7.70. The molecular weight excluding hydrogens is 228 g/mol. The maximum atomic E-state index is 11.9. The van der Waals surface area contributed by atoms with E-state index in [0.29, 0.717) is 12.8 Å². The van der Waals surface area contributed by atoms with Crippen molar-refractivity contribution in [2.75, 3.05) is 17.8 Å². The van der Waals surface area contributed by atoms with Gasteiger partial charge in [-0.1, -0.05) is 0 Å². The largest absolute Gasteiger partial charge is 0.317 e. The van der Waals surface area contributed by atoms with Crippen molar-refractivity contribution >= 4 is 15.8 Å². The fraction of sp³-hybridized carbons (Fsp3) is 0.556. The van der Waals surface area contributed by atoms with E-state index in [0.717, 1.165) is 13.1 Å². The monoisotopic (exact) mass is 242 g/mol. The van der Waals surface area contributed by atoms with Crippen LogP contribution in [0.15, 0.2) is 18.6 Å². The lowest BCUT2D eigenvalue weighted by Crippen LogP contribution is -2.38.